The van der Waals surface area contributed by atoms with Gasteiger partial charge in [0.15, 0.2) is 0 Å². The van der Waals surface area contributed by atoms with Crippen LogP contribution in [0.5, 0.6) is 0 Å². The van der Waals surface area contributed by atoms with Crippen LogP contribution in [-0.4, -0.2) is 29.9 Å². The van der Waals surface area contributed by atoms with E-state index in [4.69, 9.17) is 10.00 Å². The molecular weight excluding hydrogens is 316 g/mol. The SMILES string of the molecule is CCN(CC)C(=O)[C@H](OC(=O)c1cccc(C#N)c1)c1ccccc1. The van der Waals surface area contributed by atoms with Crippen molar-refractivity contribution in [2.24, 2.45) is 0 Å². The van der Waals surface area contributed by atoms with Crippen LogP contribution >= 0.6 is 0 Å². The van der Waals surface area contributed by atoms with E-state index >= 15 is 0 Å². The zero-order chi connectivity index (χ0) is 18.2. The van der Waals surface area contributed by atoms with Gasteiger partial charge in [-0.1, -0.05) is 36.4 Å². The first-order valence-corrected chi connectivity index (χ1v) is 8.15. The van der Waals surface area contributed by atoms with Gasteiger partial charge >= 0.3 is 5.97 Å². The third kappa shape index (κ3) is 4.45. The maximum Gasteiger partial charge on any atom is 0.339 e. The van der Waals surface area contributed by atoms with Crippen molar-refractivity contribution in [3.63, 3.8) is 0 Å². The second-order valence-corrected chi connectivity index (χ2v) is 5.40. The Morgan fingerprint density at radius 1 is 1.08 bits per heavy atom. The topological polar surface area (TPSA) is 70.4 Å². The molecule has 0 saturated carbocycles. The summed E-state index contributed by atoms with van der Waals surface area (Å²) in [6, 6.07) is 17.1. The van der Waals surface area contributed by atoms with E-state index in [9.17, 15) is 9.59 Å². The van der Waals surface area contributed by atoms with E-state index in [0.717, 1.165) is 0 Å². The lowest BCUT2D eigenvalue weighted by molar-refractivity contribution is -0.140. The molecule has 0 radical (unpaired) electrons. The summed E-state index contributed by atoms with van der Waals surface area (Å²) < 4.78 is 5.53. The fraction of sp³-hybridized carbons (Fsp3) is 0.250. The molecule has 0 N–H and O–H groups in total. The molecule has 2 rings (SSSR count). The van der Waals surface area contributed by atoms with Crippen molar-refractivity contribution < 1.29 is 14.3 Å². The molecule has 5 heteroatoms. The molecule has 0 saturated heterocycles. The summed E-state index contributed by atoms with van der Waals surface area (Å²) in [6.45, 7) is 4.81. The molecule has 0 heterocycles. The van der Waals surface area contributed by atoms with Crippen molar-refractivity contribution in [2.75, 3.05) is 13.1 Å². The largest absolute Gasteiger partial charge is 0.444 e. The number of esters is 1. The molecule has 0 aliphatic heterocycles. The fourth-order valence-electron chi connectivity index (χ4n) is 2.48. The fourth-order valence-corrected chi connectivity index (χ4v) is 2.48. The standard InChI is InChI=1S/C20H20N2O3/c1-3-22(4-2)19(23)18(16-10-6-5-7-11-16)25-20(24)17-12-8-9-15(13-17)14-21/h5-13,18H,3-4H2,1-2H3/t18-/m1/s1. The number of nitriles is 1. The van der Waals surface area contributed by atoms with Crippen LogP contribution in [0.25, 0.3) is 0 Å². The number of amides is 1. The van der Waals surface area contributed by atoms with E-state index in [-0.39, 0.29) is 11.5 Å². The number of likely N-dealkylation sites (N-methyl/N-ethyl adjacent to an activating group) is 1. The number of benzene rings is 2. The maximum atomic E-state index is 12.8. The van der Waals surface area contributed by atoms with Crippen LogP contribution in [0.3, 0.4) is 0 Å². The van der Waals surface area contributed by atoms with Gasteiger partial charge in [-0.25, -0.2) is 4.79 Å². The average molecular weight is 336 g/mol. The molecule has 0 spiro atoms. The first-order chi connectivity index (χ1) is 12.1. The van der Waals surface area contributed by atoms with Crippen LogP contribution in [0.4, 0.5) is 0 Å². The summed E-state index contributed by atoms with van der Waals surface area (Å²) in [6.07, 6.45) is -1.01. The highest BCUT2D eigenvalue weighted by molar-refractivity contribution is 5.93. The van der Waals surface area contributed by atoms with Crippen molar-refractivity contribution in [1.82, 2.24) is 4.90 Å². The van der Waals surface area contributed by atoms with Crippen LogP contribution in [0.15, 0.2) is 54.6 Å². The zero-order valence-electron chi connectivity index (χ0n) is 14.3. The van der Waals surface area contributed by atoms with Gasteiger partial charge in [0.25, 0.3) is 5.91 Å². The van der Waals surface area contributed by atoms with Crippen LogP contribution in [-0.2, 0) is 9.53 Å². The van der Waals surface area contributed by atoms with Gasteiger partial charge in [0, 0.05) is 18.7 Å². The van der Waals surface area contributed by atoms with Crippen LogP contribution in [0.1, 0.15) is 41.4 Å². The Labute approximate surface area is 147 Å². The first-order valence-electron chi connectivity index (χ1n) is 8.15. The van der Waals surface area contributed by atoms with Crippen LogP contribution < -0.4 is 0 Å². The molecule has 0 bridgehead atoms. The molecule has 1 amide bonds. The van der Waals surface area contributed by atoms with Crippen molar-refractivity contribution in [2.45, 2.75) is 20.0 Å². The molecular formula is C20H20N2O3. The van der Waals surface area contributed by atoms with E-state index in [1.54, 1.807) is 47.4 Å². The molecule has 0 unspecified atom stereocenters. The molecule has 25 heavy (non-hydrogen) atoms. The minimum atomic E-state index is -1.01. The lowest BCUT2D eigenvalue weighted by atomic mass is 10.1. The van der Waals surface area contributed by atoms with Crippen molar-refractivity contribution in [3.05, 3.63) is 71.3 Å². The second-order valence-electron chi connectivity index (χ2n) is 5.40. The lowest BCUT2D eigenvalue weighted by Gasteiger charge is -2.25. The van der Waals surface area contributed by atoms with Crippen LogP contribution in [0.2, 0.25) is 0 Å². The van der Waals surface area contributed by atoms with Gasteiger partial charge in [0.05, 0.1) is 17.2 Å². The molecule has 1 atom stereocenters. The minimum Gasteiger partial charge on any atom is -0.444 e. The Balaban J connectivity index is 2.31. The molecule has 0 aromatic heterocycles. The number of hydrogen-bond acceptors (Lipinski definition) is 4. The summed E-state index contributed by atoms with van der Waals surface area (Å²) in [5.41, 5.74) is 1.22. The molecule has 0 aliphatic rings. The zero-order valence-corrected chi connectivity index (χ0v) is 14.3. The van der Waals surface area contributed by atoms with Crippen molar-refractivity contribution in [1.29, 1.82) is 5.26 Å². The van der Waals surface area contributed by atoms with E-state index in [0.29, 0.717) is 24.2 Å². The van der Waals surface area contributed by atoms with E-state index in [2.05, 4.69) is 0 Å². The Morgan fingerprint density at radius 3 is 2.36 bits per heavy atom. The number of carbonyl (C=O) groups excluding carboxylic acids is 2. The second kappa shape index (κ2) is 8.65. The number of ether oxygens (including phenoxy) is 1. The molecule has 5 nitrogen and oxygen atoms in total. The summed E-state index contributed by atoms with van der Waals surface area (Å²) in [4.78, 5) is 26.9. The van der Waals surface area contributed by atoms with Gasteiger partial charge in [-0.2, -0.15) is 5.26 Å². The number of rotatable bonds is 6. The minimum absolute atomic E-state index is 0.243. The Morgan fingerprint density at radius 2 is 1.76 bits per heavy atom. The van der Waals surface area contributed by atoms with E-state index < -0.39 is 12.1 Å². The quantitative estimate of drug-likeness (QED) is 0.759. The maximum absolute atomic E-state index is 12.8. The number of hydrogen-bond donors (Lipinski definition) is 0. The lowest BCUT2D eigenvalue weighted by Crippen LogP contribution is -2.36. The number of carbonyl (C=O) groups is 2. The Hall–Kier alpha value is -3.13. The normalized spacial score (nSPS) is 11.2. The highest BCUT2D eigenvalue weighted by Gasteiger charge is 2.28. The molecule has 2 aromatic carbocycles. The van der Waals surface area contributed by atoms with Gasteiger partial charge in [0.2, 0.25) is 6.10 Å². The summed E-state index contributed by atoms with van der Waals surface area (Å²) in [7, 11) is 0. The number of nitrogens with zero attached hydrogens (tertiary/aromatic N) is 2. The van der Waals surface area contributed by atoms with Gasteiger partial charge in [0.1, 0.15) is 0 Å². The monoisotopic (exact) mass is 336 g/mol. The smallest absolute Gasteiger partial charge is 0.339 e. The summed E-state index contributed by atoms with van der Waals surface area (Å²) in [5.74, 6) is -0.896. The average Bonchev–Trinajstić information content (AvgIpc) is 2.67. The molecule has 0 aliphatic carbocycles. The van der Waals surface area contributed by atoms with E-state index in [1.165, 1.54) is 6.07 Å². The molecule has 2 aromatic rings. The molecule has 128 valence electrons. The van der Waals surface area contributed by atoms with Gasteiger partial charge in [-0.05, 0) is 32.0 Å². The molecule has 0 fully saturated rings. The Bertz CT molecular complexity index is 777. The highest BCUT2D eigenvalue weighted by atomic mass is 16.5. The third-order valence-electron chi connectivity index (χ3n) is 3.85. The van der Waals surface area contributed by atoms with Crippen molar-refractivity contribution in [3.8, 4) is 6.07 Å². The van der Waals surface area contributed by atoms with Gasteiger partial charge in [-0.15, -0.1) is 0 Å². The highest BCUT2D eigenvalue weighted by Crippen LogP contribution is 2.22. The summed E-state index contributed by atoms with van der Waals surface area (Å²) in [5, 5.41) is 8.97. The first kappa shape index (κ1) is 18.2. The van der Waals surface area contributed by atoms with E-state index in [1.807, 2.05) is 26.0 Å². The van der Waals surface area contributed by atoms with Crippen molar-refractivity contribution >= 4 is 11.9 Å². The van der Waals surface area contributed by atoms with Gasteiger partial charge in [-0.3, -0.25) is 4.79 Å². The summed E-state index contributed by atoms with van der Waals surface area (Å²) >= 11 is 0. The predicted molar refractivity (Wildman–Crippen MR) is 93.7 cm³/mol. The Kier molecular flexibility index (Phi) is 6.30. The third-order valence-corrected chi connectivity index (χ3v) is 3.85. The predicted octanol–water partition coefficient (Wildman–Crippen LogP) is 3.32. The van der Waals surface area contributed by atoms with Crippen LogP contribution in [0, 0.1) is 11.3 Å². The van der Waals surface area contributed by atoms with Gasteiger partial charge < -0.3 is 9.64 Å².